The molecule has 0 spiro atoms. The molecule has 0 aliphatic rings. The predicted molar refractivity (Wildman–Crippen MR) is 88.9 cm³/mol. The number of carbonyl (C=O) groups is 2. The molecule has 0 aliphatic heterocycles. The van der Waals surface area contributed by atoms with Gasteiger partial charge >= 0.3 is 0 Å². The van der Waals surface area contributed by atoms with Gasteiger partial charge in [-0.2, -0.15) is 0 Å². The van der Waals surface area contributed by atoms with Gasteiger partial charge in [-0.3, -0.25) is 9.59 Å². The van der Waals surface area contributed by atoms with Gasteiger partial charge in [0.25, 0.3) is 0 Å². The first-order valence-corrected chi connectivity index (χ1v) is 7.49. The van der Waals surface area contributed by atoms with Crippen LogP contribution in [0.1, 0.15) is 18.1 Å². The van der Waals surface area contributed by atoms with Gasteiger partial charge in [-0.05, 0) is 43.2 Å². The molecule has 2 aromatic rings. The van der Waals surface area contributed by atoms with Gasteiger partial charge in [0.05, 0.1) is 5.69 Å². The van der Waals surface area contributed by atoms with E-state index in [4.69, 9.17) is 0 Å². The maximum atomic E-state index is 13.9. The van der Waals surface area contributed by atoms with E-state index in [0.29, 0.717) is 11.8 Å². The molecule has 0 aromatic heterocycles. The summed E-state index contributed by atoms with van der Waals surface area (Å²) in [5.74, 6) is -5.85. The monoisotopic (exact) mass is 350 g/mol. The Morgan fingerprint density at radius 1 is 1.04 bits per heavy atom. The van der Waals surface area contributed by atoms with Gasteiger partial charge in [0.2, 0.25) is 11.8 Å². The minimum absolute atomic E-state index is 0.498. The van der Waals surface area contributed by atoms with Crippen LogP contribution in [0, 0.1) is 31.3 Å². The van der Waals surface area contributed by atoms with E-state index < -0.39 is 41.5 Å². The molecule has 7 heteroatoms. The minimum Gasteiger partial charge on any atom is -0.324 e. The van der Waals surface area contributed by atoms with Crippen LogP contribution in [0.5, 0.6) is 0 Å². The number of nitrogens with one attached hydrogen (secondary N) is 1. The van der Waals surface area contributed by atoms with Crippen LogP contribution >= 0.6 is 0 Å². The van der Waals surface area contributed by atoms with E-state index in [1.165, 1.54) is 0 Å². The number of rotatable bonds is 4. The number of nitrogens with zero attached hydrogens (tertiary/aromatic N) is 1. The van der Waals surface area contributed by atoms with Gasteiger partial charge in [0.15, 0.2) is 17.5 Å². The Kier molecular flexibility index (Phi) is 5.46. The summed E-state index contributed by atoms with van der Waals surface area (Å²) >= 11 is 0. The lowest BCUT2D eigenvalue weighted by Gasteiger charge is -2.21. The molecule has 2 aromatic carbocycles. The van der Waals surface area contributed by atoms with E-state index in [9.17, 15) is 22.8 Å². The van der Waals surface area contributed by atoms with E-state index in [1.807, 2.05) is 19.1 Å². The number of carbonyl (C=O) groups excluding carboxylic acids is 2. The first-order valence-electron chi connectivity index (χ1n) is 7.49. The maximum Gasteiger partial charge on any atom is 0.244 e. The third-order valence-electron chi connectivity index (χ3n) is 3.65. The summed E-state index contributed by atoms with van der Waals surface area (Å²) in [7, 11) is 0. The fourth-order valence-electron chi connectivity index (χ4n) is 2.29. The normalized spacial score (nSPS) is 10.5. The van der Waals surface area contributed by atoms with Crippen LogP contribution < -0.4 is 10.2 Å². The molecule has 2 rings (SSSR count). The lowest BCUT2D eigenvalue weighted by Crippen LogP contribution is -2.37. The molecule has 4 nitrogen and oxygen atoms in total. The van der Waals surface area contributed by atoms with Crippen molar-refractivity contribution in [3.63, 3.8) is 0 Å². The highest BCUT2D eigenvalue weighted by molar-refractivity contribution is 6.02. The minimum atomic E-state index is -1.70. The molecular formula is C18H17F3N2O2. The maximum absolute atomic E-state index is 13.9. The molecular weight excluding hydrogens is 333 g/mol. The van der Waals surface area contributed by atoms with Crippen molar-refractivity contribution in [2.24, 2.45) is 0 Å². The molecule has 0 fully saturated rings. The highest BCUT2D eigenvalue weighted by atomic mass is 19.2. The first-order chi connectivity index (χ1) is 11.7. The summed E-state index contributed by atoms with van der Waals surface area (Å²) < 4.78 is 40.4. The SMILES string of the molecule is CC(=O)N(CC(=O)Nc1cc(C)ccc1C)c1ccc(F)c(F)c1F. The van der Waals surface area contributed by atoms with Crippen LogP contribution in [-0.4, -0.2) is 18.4 Å². The lowest BCUT2D eigenvalue weighted by atomic mass is 10.1. The largest absolute Gasteiger partial charge is 0.324 e. The number of amides is 2. The molecule has 0 bridgehead atoms. The van der Waals surface area contributed by atoms with Crippen LogP contribution in [0.2, 0.25) is 0 Å². The number of hydrogen-bond acceptors (Lipinski definition) is 2. The second kappa shape index (κ2) is 7.38. The van der Waals surface area contributed by atoms with Crippen LogP contribution in [0.25, 0.3) is 0 Å². The Labute approximate surface area is 143 Å². The Balaban J connectivity index is 2.25. The Hall–Kier alpha value is -2.83. The average molecular weight is 350 g/mol. The molecule has 0 heterocycles. The summed E-state index contributed by atoms with van der Waals surface area (Å²) in [6.45, 7) is 4.22. The number of halogens is 3. The zero-order valence-electron chi connectivity index (χ0n) is 14.0. The van der Waals surface area contributed by atoms with Crippen molar-refractivity contribution in [2.75, 3.05) is 16.8 Å². The van der Waals surface area contributed by atoms with E-state index >= 15 is 0 Å². The molecule has 132 valence electrons. The van der Waals surface area contributed by atoms with E-state index in [2.05, 4.69) is 5.32 Å². The molecule has 0 radical (unpaired) electrons. The van der Waals surface area contributed by atoms with Gasteiger partial charge in [-0.15, -0.1) is 0 Å². The van der Waals surface area contributed by atoms with Crippen molar-refractivity contribution < 1.29 is 22.8 Å². The van der Waals surface area contributed by atoms with Gasteiger partial charge in [-0.25, -0.2) is 13.2 Å². The molecule has 0 saturated carbocycles. The third-order valence-corrected chi connectivity index (χ3v) is 3.65. The van der Waals surface area contributed by atoms with Crippen molar-refractivity contribution >= 4 is 23.2 Å². The van der Waals surface area contributed by atoms with Gasteiger partial charge < -0.3 is 10.2 Å². The number of aryl methyl sites for hydroxylation is 2. The Bertz CT molecular complexity index is 837. The van der Waals surface area contributed by atoms with Crippen LogP contribution in [0.4, 0.5) is 24.5 Å². The zero-order chi connectivity index (χ0) is 18.7. The molecule has 0 saturated heterocycles. The zero-order valence-corrected chi connectivity index (χ0v) is 14.0. The number of benzene rings is 2. The van der Waals surface area contributed by atoms with Crippen molar-refractivity contribution in [1.82, 2.24) is 0 Å². The fraction of sp³-hybridized carbons (Fsp3) is 0.222. The van der Waals surface area contributed by atoms with E-state index in [0.717, 1.165) is 29.0 Å². The Morgan fingerprint density at radius 2 is 1.72 bits per heavy atom. The van der Waals surface area contributed by atoms with Crippen LogP contribution in [-0.2, 0) is 9.59 Å². The van der Waals surface area contributed by atoms with Crippen LogP contribution in [0.3, 0.4) is 0 Å². The average Bonchev–Trinajstić information content (AvgIpc) is 2.54. The highest BCUT2D eigenvalue weighted by Crippen LogP contribution is 2.24. The van der Waals surface area contributed by atoms with Crippen molar-refractivity contribution in [1.29, 1.82) is 0 Å². The lowest BCUT2D eigenvalue weighted by molar-refractivity contribution is -0.120. The van der Waals surface area contributed by atoms with Gasteiger partial charge in [-0.1, -0.05) is 12.1 Å². The third kappa shape index (κ3) is 4.17. The summed E-state index contributed by atoms with van der Waals surface area (Å²) in [5, 5.41) is 2.63. The Morgan fingerprint density at radius 3 is 2.36 bits per heavy atom. The molecule has 2 amide bonds. The number of hydrogen-bond donors (Lipinski definition) is 1. The smallest absolute Gasteiger partial charge is 0.244 e. The molecule has 0 atom stereocenters. The van der Waals surface area contributed by atoms with E-state index in [-0.39, 0.29) is 0 Å². The highest BCUT2D eigenvalue weighted by Gasteiger charge is 2.23. The quantitative estimate of drug-likeness (QED) is 0.855. The molecule has 0 unspecified atom stereocenters. The van der Waals surface area contributed by atoms with Gasteiger partial charge in [0, 0.05) is 12.6 Å². The topological polar surface area (TPSA) is 49.4 Å². The van der Waals surface area contributed by atoms with Crippen molar-refractivity contribution in [3.05, 3.63) is 58.9 Å². The standard InChI is InChI=1S/C18H17F3N2O2/c1-10-4-5-11(2)14(8-10)22-16(25)9-23(12(3)24)15-7-6-13(19)17(20)18(15)21/h4-8H,9H2,1-3H3,(H,22,25). The first kappa shape index (κ1) is 18.5. The molecule has 1 N–H and O–H groups in total. The van der Waals surface area contributed by atoms with Crippen molar-refractivity contribution in [3.8, 4) is 0 Å². The fourth-order valence-corrected chi connectivity index (χ4v) is 2.29. The second-order valence-corrected chi connectivity index (χ2v) is 5.67. The molecule has 25 heavy (non-hydrogen) atoms. The summed E-state index contributed by atoms with van der Waals surface area (Å²) in [5.41, 5.74) is 1.80. The number of anilines is 2. The summed E-state index contributed by atoms with van der Waals surface area (Å²) in [4.78, 5) is 24.7. The summed E-state index contributed by atoms with van der Waals surface area (Å²) in [6, 6.07) is 7.07. The van der Waals surface area contributed by atoms with Gasteiger partial charge in [0.1, 0.15) is 6.54 Å². The molecule has 0 aliphatic carbocycles. The summed E-state index contributed by atoms with van der Waals surface area (Å²) in [6.07, 6.45) is 0. The predicted octanol–water partition coefficient (Wildman–Crippen LogP) is 3.71. The second-order valence-electron chi connectivity index (χ2n) is 5.67. The van der Waals surface area contributed by atoms with E-state index in [1.54, 1.807) is 13.0 Å². The van der Waals surface area contributed by atoms with Crippen LogP contribution in [0.15, 0.2) is 30.3 Å². The van der Waals surface area contributed by atoms with Crippen molar-refractivity contribution in [2.45, 2.75) is 20.8 Å².